The average Bonchev–Trinajstić information content (AvgIpc) is 2.18. The lowest BCUT2D eigenvalue weighted by molar-refractivity contribution is 1.15. The van der Waals surface area contributed by atoms with Crippen LogP contribution in [-0.2, 0) is 0 Å². The van der Waals surface area contributed by atoms with Gasteiger partial charge in [0, 0.05) is 0 Å². The molecule has 0 aromatic heterocycles. The molecule has 1 aliphatic rings. The molecule has 0 spiro atoms. The first-order valence-electron chi connectivity index (χ1n) is 4.06. The molecule has 0 radical (unpaired) electrons. The minimum Gasteiger partial charge on any atom is -0.0915 e. The fraction of sp³-hybridized carbons (Fsp3) is 0.273. The van der Waals surface area contributed by atoms with Gasteiger partial charge < -0.3 is 0 Å². The molecule has 0 bridgehead atoms. The van der Waals surface area contributed by atoms with Crippen molar-refractivity contribution in [2.45, 2.75) is 19.8 Å². The first kappa shape index (κ1) is 8.06. The van der Waals surface area contributed by atoms with Gasteiger partial charge in [0.25, 0.3) is 0 Å². The van der Waals surface area contributed by atoms with Gasteiger partial charge in [0.05, 0.1) is 0 Å². The number of hydrogen-bond acceptors (Lipinski definition) is 0. The molecule has 0 aliphatic heterocycles. The van der Waals surface area contributed by atoms with Gasteiger partial charge in [0.1, 0.15) is 0 Å². The van der Waals surface area contributed by atoms with Crippen molar-refractivity contribution < 1.29 is 0 Å². The summed E-state index contributed by atoms with van der Waals surface area (Å²) in [4.78, 5) is 0. The maximum atomic E-state index is 3.98. The molecule has 58 valence electrons. The predicted molar refractivity (Wildman–Crippen MR) is 50.4 cm³/mol. The van der Waals surface area contributed by atoms with Gasteiger partial charge in [-0.25, -0.2) is 0 Å². The van der Waals surface area contributed by atoms with Gasteiger partial charge in [-0.15, -0.1) is 0 Å². The van der Waals surface area contributed by atoms with Crippen LogP contribution in [0.15, 0.2) is 48.1 Å². The van der Waals surface area contributed by atoms with Crippen LogP contribution in [-0.4, -0.2) is 0 Å². The van der Waals surface area contributed by atoms with Crippen LogP contribution < -0.4 is 0 Å². The molecule has 0 saturated heterocycles. The zero-order valence-electron chi connectivity index (χ0n) is 7.01. The van der Waals surface area contributed by atoms with Crippen molar-refractivity contribution in [1.82, 2.24) is 0 Å². The molecule has 0 aromatic rings. The summed E-state index contributed by atoms with van der Waals surface area (Å²) in [6.07, 6.45) is 12.7. The summed E-state index contributed by atoms with van der Waals surface area (Å²) in [7, 11) is 0. The van der Waals surface area contributed by atoms with Crippen molar-refractivity contribution in [2.24, 2.45) is 0 Å². The summed E-state index contributed by atoms with van der Waals surface area (Å²) in [5.74, 6) is 0. The van der Waals surface area contributed by atoms with Crippen LogP contribution in [0.4, 0.5) is 0 Å². The lowest BCUT2D eigenvalue weighted by Gasteiger charge is -2.01. The van der Waals surface area contributed by atoms with Gasteiger partial charge in [-0.2, -0.15) is 0 Å². The summed E-state index contributed by atoms with van der Waals surface area (Å²) in [6.45, 7) is 6.13. The van der Waals surface area contributed by atoms with Gasteiger partial charge in [-0.1, -0.05) is 43.9 Å². The maximum absolute atomic E-state index is 3.98. The van der Waals surface area contributed by atoms with E-state index < -0.39 is 0 Å². The first-order valence-corrected chi connectivity index (χ1v) is 4.06. The van der Waals surface area contributed by atoms with Crippen LogP contribution in [0.2, 0.25) is 0 Å². The first-order chi connectivity index (χ1) is 5.34. The van der Waals surface area contributed by atoms with Crippen LogP contribution in [0.1, 0.15) is 19.8 Å². The van der Waals surface area contributed by atoms with E-state index >= 15 is 0 Å². The Bertz CT molecular complexity index is 226. The second-order valence-corrected chi connectivity index (χ2v) is 2.65. The lowest BCUT2D eigenvalue weighted by atomic mass is 10.0. The van der Waals surface area contributed by atoms with E-state index in [1.165, 1.54) is 5.57 Å². The third-order valence-corrected chi connectivity index (χ3v) is 1.75. The number of rotatable bonds is 1. The molecule has 0 nitrogen and oxygen atoms in total. The third-order valence-electron chi connectivity index (χ3n) is 1.75. The molecule has 1 rings (SSSR count). The summed E-state index contributed by atoms with van der Waals surface area (Å²) < 4.78 is 0. The quantitative estimate of drug-likeness (QED) is 0.532. The van der Waals surface area contributed by atoms with E-state index in [-0.39, 0.29) is 0 Å². The van der Waals surface area contributed by atoms with E-state index in [4.69, 9.17) is 0 Å². The highest BCUT2D eigenvalue weighted by atomic mass is 14.0. The molecule has 11 heavy (non-hydrogen) atoms. The number of hydrogen-bond donors (Lipinski definition) is 0. The molecule has 0 aromatic carbocycles. The van der Waals surface area contributed by atoms with E-state index in [9.17, 15) is 0 Å². The monoisotopic (exact) mass is 146 g/mol. The molecule has 0 heterocycles. The summed E-state index contributed by atoms with van der Waals surface area (Å²) >= 11 is 0. The second kappa shape index (κ2) is 3.97. The van der Waals surface area contributed by atoms with Crippen molar-refractivity contribution in [3.8, 4) is 0 Å². The Morgan fingerprint density at radius 1 is 1.55 bits per heavy atom. The predicted octanol–water partition coefficient (Wildman–Crippen LogP) is 3.40. The zero-order valence-corrected chi connectivity index (χ0v) is 7.01. The SMILES string of the molecule is C=C1C=CC=CC/C1=C\CC. The van der Waals surface area contributed by atoms with Crippen molar-refractivity contribution in [1.29, 1.82) is 0 Å². The Morgan fingerprint density at radius 3 is 3.09 bits per heavy atom. The van der Waals surface area contributed by atoms with Crippen LogP contribution in [0.3, 0.4) is 0 Å². The molecule has 1 aliphatic carbocycles. The summed E-state index contributed by atoms with van der Waals surface area (Å²) in [5, 5.41) is 0. The fourth-order valence-electron chi connectivity index (χ4n) is 1.14. The lowest BCUT2D eigenvalue weighted by Crippen LogP contribution is -1.81. The number of allylic oxidation sites excluding steroid dienone is 7. The van der Waals surface area contributed by atoms with Crippen LogP contribution in [0.25, 0.3) is 0 Å². The second-order valence-electron chi connectivity index (χ2n) is 2.65. The molecule has 0 saturated carbocycles. The van der Waals surface area contributed by atoms with Gasteiger partial charge in [0.2, 0.25) is 0 Å². The minimum atomic E-state index is 1.03. The van der Waals surface area contributed by atoms with E-state index in [0.717, 1.165) is 18.4 Å². The standard InChI is InChI=1S/C11H14/c1-3-7-11-9-6-4-5-8-10(11)2/h4-8H,2-3,9H2,1H3/b11-7+. The highest BCUT2D eigenvalue weighted by Gasteiger charge is 1.97. The Kier molecular flexibility index (Phi) is 2.91. The molecular formula is C11H14. The van der Waals surface area contributed by atoms with Crippen molar-refractivity contribution in [3.63, 3.8) is 0 Å². The minimum absolute atomic E-state index is 1.03. The highest BCUT2D eigenvalue weighted by Crippen LogP contribution is 2.17. The topological polar surface area (TPSA) is 0 Å². The molecule has 0 heteroatoms. The van der Waals surface area contributed by atoms with E-state index in [1.54, 1.807) is 0 Å². The molecule has 0 N–H and O–H groups in total. The molecule has 0 atom stereocenters. The Labute approximate surface area is 68.6 Å². The maximum Gasteiger partial charge on any atom is -0.00918 e. The van der Waals surface area contributed by atoms with Gasteiger partial charge in [-0.3, -0.25) is 0 Å². The van der Waals surface area contributed by atoms with Crippen LogP contribution >= 0.6 is 0 Å². The van der Waals surface area contributed by atoms with Crippen molar-refractivity contribution >= 4 is 0 Å². The Balaban J connectivity index is 2.79. The normalized spacial score (nSPS) is 20.8. The zero-order chi connectivity index (χ0) is 8.10. The largest absolute Gasteiger partial charge is 0.0915 e. The molecule has 0 unspecified atom stereocenters. The van der Waals surface area contributed by atoms with E-state index in [2.05, 4.69) is 37.8 Å². The summed E-state index contributed by atoms with van der Waals surface area (Å²) in [5.41, 5.74) is 2.51. The highest BCUT2D eigenvalue weighted by molar-refractivity contribution is 5.41. The fourth-order valence-corrected chi connectivity index (χ4v) is 1.14. The van der Waals surface area contributed by atoms with E-state index in [1.807, 2.05) is 6.08 Å². The van der Waals surface area contributed by atoms with Gasteiger partial charge in [-0.05, 0) is 24.0 Å². The molecular weight excluding hydrogens is 132 g/mol. The molecule has 0 fully saturated rings. The Hall–Kier alpha value is -1.04. The molecule has 0 amide bonds. The summed E-state index contributed by atoms with van der Waals surface area (Å²) in [6, 6.07) is 0. The van der Waals surface area contributed by atoms with Crippen molar-refractivity contribution in [3.05, 3.63) is 48.1 Å². The van der Waals surface area contributed by atoms with Gasteiger partial charge >= 0.3 is 0 Å². The van der Waals surface area contributed by atoms with Crippen molar-refractivity contribution in [2.75, 3.05) is 0 Å². The van der Waals surface area contributed by atoms with Gasteiger partial charge in [0.15, 0.2) is 0 Å². The van der Waals surface area contributed by atoms with Crippen LogP contribution in [0.5, 0.6) is 0 Å². The van der Waals surface area contributed by atoms with E-state index in [0.29, 0.717) is 0 Å². The average molecular weight is 146 g/mol. The smallest absolute Gasteiger partial charge is 0.00918 e. The van der Waals surface area contributed by atoms with Crippen LogP contribution in [0, 0.1) is 0 Å². The third kappa shape index (κ3) is 2.23. The Morgan fingerprint density at radius 2 is 2.36 bits per heavy atom.